The first-order valence-corrected chi connectivity index (χ1v) is 7.28. The van der Waals surface area contributed by atoms with E-state index in [4.69, 9.17) is 0 Å². The third kappa shape index (κ3) is 2.79. The summed E-state index contributed by atoms with van der Waals surface area (Å²) in [5.41, 5.74) is 0.912. The van der Waals surface area contributed by atoms with Crippen molar-refractivity contribution in [3.63, 3.8) is 0 Å². The highest BCUT2D eigenvalue weighted by Crippen LogP contribution is 2.40. The predicted octanol–water partition coefficient (Wildman–Crippen LogP) is 4.59. The number of hydrogen-bond acceptors (Lipinski definition) is 2. The smallest absolute Gasteiger partial charge is 0.143 e. The number of benzene rings is 1. The molecule has 0 amide bonds. The summed E-state index contributed by atoms with van der Waals surface area (Å²) in [7, 11) is 0. The molecule has 1 nitrogen and oxygen atoms in total. The molecule has 1 N–H and O–H groups in total. The molecule has 0 saturated heterocycles. The van der Waals surface area contributed by atoms with E-state index >= 15 is 0 Å². The zero-order valence-corrected chi connectivity index (χ0v) is 12.5. The van der Waals surface area contributed by atoms with E-state index in [1.807, 2.05) is 6.92 Å². The van der Waals surface area contributed by atoms with Gasteiger partial charge in [-0.1, -0.05) is 27.7 Å². The highest BCUT2D eigenvalue weighted by molar-refractivity contribution is 7.19. The van der Waals surface area contributed by atoms with Crippen LogP contribution in [0.15, 0.2) is 12.1 Å². The lowest BCUT2D eigenvalue weighted by atomic mass is 9.85. The maximum atomic E-state index is 13.9. The van der Waals surface area contributed by atoms with E-state index in [0.29, 0.717) is 16.6 Å². The van der Waals surface area contributed by atoms with Crippen LogP contribution in [-0.4, -0.2) is 6.54 Å². The Kier molecular flexibility index (Phi) is 3.92. The lowest BCUT2D eigenvalue weighted by molar-refractivity contribution is 0.581. The van der Waals surface area contributed by atoms with Crippen LogP contribution in [0.1, 0.15) is 38.1 Å². The third-order valence-electron chi connectivity index (χ3n) is 3.07. The highest BCUT2D eigenvalue weighted by Gasteiger charge is 2.25. The maximum absolute atomic E-state index is 13.9. The molecule has 1 heterocycles. The summed E-state index contributed by atoms with van der Waals surface area (Å²) in [4.78, 5) is 1.09. The van der Waals surface area contributed by atoms with Crippen molar-refractivity contribution in [1.29, 1.82) is 0 Å². The molecule has 0 fully saturated rings. The van der Waals surface area contributed by atoms with E-state index < -0.39 is 11.6 Å². The van der Waals surface area contributed by atoms with Crippen LogP contribution in [0.4, 0.5) is 8.78 Å². The van der Waals surface area contributed by atoms with Gasteiger partial charge in [0.05, 0.1) is 4.70 Å². The van der Waals surface area contributed by atoms with Crippen molar-refractivity contribution in [2.24, 2.45) is 0 Å². The van der Waals surface area contributed by atoms with Gasteiger partial charge >= 0.3 is 0 Å². The van der Waals surface area contributed by atoms with E-state index in [2.05, 4.69) is 26.1 Å². The molecule has 0 aliphatic rings. The molecule has 0 aliphatic carbocycles. The summed E-state index contributed by atoms with van der Waals surface area (Å²) in [5.74, 6) is -0.975. The lowest BCUT2D eigenvalue weighted by Gasteiger charge is -2.20. The van der Waals surface area contributed by atoms with E-state index in [9.17, 15) is 8.78 Å². The summed E-state index contributed by atoms with van der Waals surface area (Å²) >= 11 is 1.42. The molecule has 104 valence electrons. The lowest BCUT2D eigenvalue weighted by Crippen LogP contribution is -2.17. The van der Waals surface area contributed by atoms with Crippen LogP contribution in [-0.2, 0) is 12.0 Å². The van der Waals surface area contributed by atoms with Crippen molar-refractivity contribution in [3.05, 3.63) is 34.2 Å². The molecule has 1 aromatic carbocycles. The average molecular weight is 283 g/mol. The first-order chi connectivity index (χ1) is 8.84. The van der Waals surface area contributed by atoms with E-state index in [-0.39, 0.29) is 5.41 Å². The second-order valence-corrected chi connectivity index (χ2v) is 6.80. The van der Waals surface area contributed by atoms with Crippen LogP contribution in [0.3, 0.4) is 0 Å². The molecule has 0 unspecified atom stereocenters. The summed E-state index contributed by atoms with van der Waals surface area (Å²) in [6, 6.07) is 2.41. The van der Waals surface area contributed by atoms with Crippen molar-refractivity contribution in [3.8, 4) is 0 Å². The van der Waals surface area contributed by atoms with Crippen LogP contribution >= 0.6 is 11.3 Å². The number of hydrogen-bond donors (Lipinski definition) is 1. The van der Waals surface area contributed by atoms with E-state index in [1.54, 1.807) is 0 Å². The molecular weight excluding hydrogens is 264 g/mol. The molecule has 0 bridgehead atoms. The number of thiophene rings is 1. The fourth-order valence-corrected chi connectivity index (χ4v) is 3.73. The maximum Gasteiger partial charge on any atom is 0.143 e. The molecule has 0 radical (unpaired) electrons. The topological polar surface area (TPSA) is 12.0 Å². The quantitative estimate of drug-likeness (QED) is 0.869. The summed E-state index contributed by atoms with van der Waals surface area (Å²) in [6.07, 6.45) is 0. The normalized spacial score (nSPS) is 12.3. The van der Waals surface area contributed by atoms with Crippen LogP contribution in [0, 0.1) is 11.6 Å². The van der Waals surface area contributed by atoms with E-state index in [1.165, 1.54) is 17.4 Å². The molecule has 0 spiro atoms. The van der Waals surface area contributed by atoms with Crippen LogP contribution in [0.25, 0.3) is 10.1 Å². The van der Waals surface area contributed by atoms with Gasteiger partial charge < -0.3 is 5.32 Å². The Hall–Kier alpha value is -1.00. The fourth-order valence-electron chi connectivity index (χ4n) is 2.36. The third-order valence-corrected chi connectivity index (χ3v) is 4.28. The predicted molar refractivity (Wildman–Crippen MR) is 77.8 cm³/mol. The molecule has 1 aromatic heterocycles. The Morgan fingerprint density at radius 3 is 2.47 bits per heavy atom. The summed E-state index contributed by atoms with van der Waals surface area (Å²) in [6.45, 7) is 9.81. The molecule has 19 heavy (non-hydrogen) atoms. The van der Waals surface area contributed by atoms with Gasteiger partial charge in [0.1, 0.15) is 11.6 Å². The van der Waals surface area contributed by atoms with Crippen molar-refractivity contribution in [2.45, 2.75) is 39.7 Å². The highest BCUT2D eigenvalue weighted by atomic mass is 32.1. The van der Waals surface area contributed by atoms with Gasteiger partial charge in [-0.05, 0) is 23.6 Å². The van der Waals surface area contributed by atoms with E-state index in [0.717, 1.165) is 23.1 Å². The molecule has 2 aromatic rings. The zero-order valence-electron chi connectivity index (χ0n) is 11.7. The second kappa shape index (κ2) is 5.17. The Morgan fingerprint density at radius 2 is 1.89 bits per heavy atom. The largest absolute Gasteiger partial charge is 0.312 e. The Balaban J connectivity index is 2.70. The molecule has 0 saturated carbocycles. The molecule has 0 aliphatic heterocycles. The monoisotopic (exact) mass is 283 g/mol. The molecule has 4 heteroatoms. The fraction of sp³-hybridized carbons (Fsp3) is 0.467. The van der Waals surface area contributed by atoms with Crippen LogP contribution < -0.4 is 5.32 Å². The number of rotatable bonds is 3. The second-order valence-electron chi connectivity index (χ2n) is 5.69. The number of fused-ring (bicyclic) bond motifs is 1. The standard InChI is InChI=1S/C15H19F2NS/c1-5-18-8-12-13(15(2,3)4)10-6-9(16)7-11(17)14(10)19-12/h6-7,18H,5,8H2,1-4H3. The van der Waals surface area contributed by atoms with Crippen LogP contribution in [0.2, 0.25) is 0 Å². The minimum absolute atomic E-state index is 0.136. The first kappa shape index (κ1) is 14.4. The zero-order chi connectivity index (χ0) is 14.2. The van der Waals surface area contributed by atoms with Gasteiger partial charge in [-0.3, -0.25) is 0 Å². The molecular formula is C15H19F2NS. The van der Waals surface area contributed by atoms with Gasteiger partial charge in [0.25, 0.3) is 0 Å². The van der Waals surface area contributed by atoms with Crippen molar-refractivity contribution < 1.29 is 8.78 Å². The molecule has 2 rings (SSSR count). The van der Waals surface area contributed by atoms with Gasteiger partial charge in [-0.15, -0.1) is 11.3 Å². The Morgan fingerprint density at radius 1 is 1.21 bits per heavy atom. The minimum atomic E-state index is -0.511. The van der Waals surface area contributed by atoms with Gasteiger partial charge in [0, 0.05) is 22.9 Å². The first-order valence-electron chi connectivity index (χ1n) is 6.46. The Bertz CT molecular complexity index is 596. The minimum Gasteiger partial charge on any atom is -0.312 e. The average Bonchev–Trinajstić information content (AvgIpc) is 2.64. The van der Waals surface area contributed by atoms with Crippen molar-refractivity contribution in [2.75, 3.05) is 6.54 Å². The molecule has 0 atom stereocenters. The van der Waals surface area contributed by atoms with Gasteiger partial charge in [-0.25, -0.2) is 8.78 Å². The van der Waals surface area contributed by atoms with Crippen molar-refractivity contribution in [1.82, 2.24) is 5.32 Å². The van der Waals surface area contributed by atoms with Crippen LogP contribution in [0.5, 0.6) is 0 Å². The van der Waals surface area contributed by atoms with Gasteiger partial charge in [-0.2, -0.15) is 0 Å². The van der Waals surface area contributed by atoms with Crippen molar-refractivity contribution >= 4 is 21.4 Å². The summed E-state index contributed by atoms with van der Waals surface area (Å²) < 4.78 is 27.9. The van der Waals surface area contributed by atoms with Gasteiger partial charge in [0.15, 0.2) is 0 Å². The Labute approximate surface area is 116 Å². The summed E-state index contributed by atoms with van der Waals surface area (Å²) in [5, 5.41) is 3.98. The number of halogens is 2. The number of nitrogens with one attached hydrogen (secondary N) is 1. The van der Waals surface area contributed by atoms with Gasteiger partial charge in [0.2, 0.25) is 0 Å². The SMILES string of the molecule is CCNCc1sc2c(F)cc(F)cc2c1C(C)(C)C.